The maximum Gasteiger partial charge on any atom is 0.104 e. The first kappa shape index (κ1) is 14.5. The van der Waals surface area contributed by atoms with Crippen LogP contribution < -0.4 is 10.6 Å². The van der Waals surface area contributed by atoms with E-state index in [-0.39, 0.29) is 0 Å². The van der Waals surface area contributed by atoms with E-state index in [9.17, 15) is 0 Å². The molecule has 0 atom stereocenters. The van der Waals surface area contributed by atoms with Gasteiger partial charge in [0.05, 0.1) is 5.69 Å². The molecule has 0 saturated heterocycles. The van der Waals surface area contributed by atoms with Crippen molar-refractivity contribution in [1.82, 2.24) is 0 Å². The summed E-state index contributed by atoms with van der Waals surface area (Å²) in [6.45, 7) is 3.28. The highest BCUT2D eigenvalue weighted by molar-refractivity contribution is 9.10. The molecule has 0 radical (unpaired) electrons. The number of benzene rings is 1. The third kappa shape index (κ3) is 4.28. The average Bonchev–Trinajstić information content (AvgIpc) is 2.28. The van der Waals surface area contributed by atoms with Gasteiger partial charge in [-0.15, -0.1) is 0 Å². The number of rotatable bonds is 6. The van der Waals surface area contributed by atoms with Crippen LogP contribution in [0.4, 0.5) is 5.69 Å². The molecule has 0 amide bonds. The first-order chi connectivity index (χ1) is 8.06. The monoisotopic (exact) mass is 314 g/mol. The Morgan fingerprint density at radius 2 is 2.12 bits per heavy atom. The van der Waals surface area contributed by atoms with Crippen molar-refractivity contribution in [1.29, 1.82) is 0 Å². The Hall–Kier alpha value is -0.610. The quantitative estimate of drug-likeness (QED) is 0.641. The lowest BCUT2D eigenvalue weighted by Crippen LogP contribution is -2.19. The van der Waals surface area contributed by atoms with Crippen molar-refractivity contribution in [3.63, 3.8) is 0 Å². The van der Waals surface area contributed by atoms with Crippen molar-refractivity contribution in [2.75, 3.05) is 18.5 Å². The van der Waals surface area contributed by atoms with Crippen molar-refractivity contribution in [3.8, 4) is 0 Å². The molecular weight excluding hydrogens is 296 g/mol. The molecule has 0 aliphatic carbocycles. The molecule has 1 rings (SSSR count). The SMILES string of the molecule is CCCCCN(C)c1ccc(C(N)=S)cc1Br. The second kappa shape index (κ2) is 6.97. The fourth-order valence-electron chi connectivity index (χ4n) is 1.69. The normalized spacial score (nSPS) is 10.3. The van der Waals surface area contributed by atoms with E-state index in [0.29, 0.717) is 4.99 Å². The van der Waals surface area contributed by atoms with E-state index in [4.69, 9.17) is 18.0 Å². The summed E-state index contributed by atoms with van der Waals surface area (Å²) in [4.78, 5) is 2.69. The summed E-state index contributed by atoms with van der Waals surface area (Å²) in [6.07, 6.45) is 3.73. The van der Waals surface area contributed by atoms with E-state index >= 15 is 0 Å². The van der Waals surface area contributed by atoms with Gasteiger partial charge in [-0.1, -0.05) is 32.0 Å². The lowest BCUT2D eigenvalue weighted by Gasteiger charge is -2.21. The standard InChI is InChI=1S/C13H19BrN2S/c1-3-4-5-8-16(2)12-7-6-10(13(15)17)9-11(12)14/h6-7,9H,3-5,8H2,1-2H3,(H2,15,17). The Kier molecular flexibility index (Phi) is 5.92. The predicted molar refractivity (Wildman–Crippen MR) is 82.8 cm³/mol. The Balaban J connectivity index is 2.74. The lowest BCUT2D eigenvalue weighted by atomic mass is 10.2. The molecular formula is C13H19BrN2S. The molecule has 0 aromatic heterocycles. The van der Waals surface area contributed by atoms with Gasteiger partial charge in [0, 0.05) is 23.6 Å². The van der Waals surface area contributed by atoms with Gasteiger partial charge in [-0.2, -0.15) is 0 Å². The predicted octanol–water partition coefficient (Wildman–Crippen LogP) is 3.71. The summed E-state index contributed by atoms with van der Waals surface area (Å²) < 4.78 is 1.04. The van der Waals surface area contributed by atoms with Gasteiger partial charge >= 0.3 is 0 Å². The Morgan fingerprint density at radius 3 is 2.65 bits per heavy atom. The molecule has 0 aliphatic heterocycles. The van der Waals surface area contributed by atoms with E-state index in [1.54, 1.807) is 0 Å². The first-order valence-corrected chi connectivity index (χ1v) is 7.07. The number of halogens is 1. The molecule has 0 aliphatic rings. The molecule has 0 fully saturated rings. The summed E-state index contributed by atoms with van der Waals surface area (Å²) >= 11 is 8.53. The van der Waals surface area contributed by atoms with Crippen molar-refractivity contribution in [2.45, 2.75) is 26.2 Å². The molecule has 0 saturated carbocycles. The molecule has 0 spiro atoms. The third-order valence-electron chi connectivity index (χ3n) is 2.74. The highest BCUT2D eigenvalue weighted by atomic mass is 79.9. The van der Waals surface area contributed by atoms with E-state index in [1.807, 2.05) is 12.1 Å². The number of thiocarbonyl (C=S) groups is 1. The molecule has 94 valence electrons. The van der Waals surface area contributed by atoms with E-state index in [2.05, 4.69) is 40.9 Å². The average molecular weight is 315 g/mol. The van der Waals surface area contributed by atoms with E-state index < -0.39 is 0 Å². The highest BCUT2D eigenvalue weighted by Crippen LogP contribution is 2.26. The summed E-state index contributed by atoms with van der Waals surface area (Å²) in [7, 11) is 2.11. The number of unbranched alkanes of at least 4 members (excludes halogenated alkanes) is 2. The number of anilines is 1. The van der Waals surface area contributed by atoms with Gasteiger partial charge in [-0.25, -0.2) is 0 Å². The van der Waals surface area contributed by atoms with Crippen LogP contribution in [0.2, 0.25) is 0 Å². The molecule has 1 aromatic rings. The zero-order valence-corrected chi connectivity index (χ0v) is 12.8. The second-order valence-electron chi connectivity index (χ2n) is 4.16. The highest BCUT2D eigenvalue weighted by Gasteiger charge is 2.07. The van der Waals surface area contributed by atoms with Gasteiger partial charge in [-0.3, -0.25) is 0 Å². The van der Waals surface area contributed by atoms with Crippen LogP contribution in [-0.2, 0) is 0 Å². The lowest BCUT2D eigenvalue weighted by molar-refractivity contribution is 0.704. The summed E-state index contributed by atoms with van der Waals surface area (Å²) in [5.41, 5.74) is 7.69. The fraction of sp³-hybridized carbons (Fsp3) is 0.462. The zero-order valence-electron chi connectivity index (χ0n) is 10.4. The van der Waals surface area contributed by atoms with Gasteiger partial charge in [-0.05, 0) is 40.5 Å². The van der Waals surface area contributed by atoms with Gasteiger partial charge in [0.25, 0.3) is 0 Å². The van der Waals surface area contributed by atoms with Crippen molar-refractivity contribution in [3.05, 3.63) is 28.2 Å². The van der Waals surface area contributed by atoms with Gasteiger partial charge in [0.1, 0.15) is 4.99 Å². The maximum atomic E-state index is 5.60. The zero-order chi connectivity index (χ0) is 12.8. The van der Waals surface area contributed by atoms with Crippen LogP contribution in [0.1, 0.15) is 31.7 Å². The summed E-state index contributed by atoms with van der Waals surface area (Å²) in [6, 6.07) is 6.01. The number of nitrogens with two attached hydrogens (primary N) is 1. The largest absolute Gasteiger partial charge is 0.389 e. The summed E-state index contributed by atoms with van der Waals surface area (Å²) in [5.74, 6) is 0. The Bertz CT molecular complexity index is 393. The van der Waals surface area contributed by atoms with Crippen LogP contribution in [0, 0.1) is 0 Å². The number of hydrogen-bond donors (Lipinski definition) is 1. The van der Waals surface area contributed by atoms with Gasteiger partial charge in [0.15, 0.2) is 0 Å². The molecule has 2 N–H and O–H groups in total. The fourth-order valence-corrected chi connectivity index (χ4v) is 2.50. The first-order valence-electron chi connectivity index (χ1n) is 5.86. The molecule has 4 heteroatoms. The van der Waals surface area contributed by atoms with Gasteiger partial charge in [0.2, 0.25) is 0 Å². The third-order valence-corrected chi connectivity index (χ3v) is 3.61. The molecule has 0 bridgehead atoms. The second-order valence-corrected chi connectivity index (χ2v) is 5.45. The van der Waals surface area contributed by atoms with Gasteiger partial charge < -0.3 is 10.6 Å². The smallest absolute Gasteiger partial charge is 0.104 e. The van der Waals surface area contributed by atoms with Crippen LogP contribution in [0.15, 0.2) is 22.7 Å². The molecule has 1 aromatic carbocycles. The van der Waals surface area contributed by atoms with Crippen molar-refractivity contribution in [2.24, 2.45) is 5.73 Å². The Morgan fingerprint density at radius 1 is 1.41 bits per heavy atom. The van der Waals surface area contributed by atoms with Crippen LogP contribution in [0.5, 0.6) is 0 Å². The topological polar surface area (TPSA) is 29.3 Å². The Labute approximate surface area is 117 Å². The molecule has 0 heterocycles. The molecule has 0 unspecified atom stereocenters. The van der Waals surface area contributed by atoms with Crippen LogP contribution in [0.25, 0.3) is 0 Å². The minimum atomic E-state index is 0.436. The minimum Gasteiger partial charge on any atom is -0.389 e. The van der Waals surface area contributed by atoms with Crippen LogP contribution in [0.3, 0.4) is 0 Å². The minimum absolute atomic E-state index is 0.436. The van der Waals surface area contributed by atoms with E-state index in [0.717, 1.165) is 16.6 Å². The van der Waals surface area contributed by atoms with Crippen molar-refractivity contribution >= 4 is 38.8 Å². The van der Waals surface area contributed by atoms with Crippen LogP contribution in [-0.4, -0.2) is 18.6 Å². The summed E-state index contributed by atoms with van der Waals surface area (Å²) in [5, 5.41) is 0. The maximum absolute atomic E-state index is 5.60. The van der Waals surface area contributed by atoms with Crippen molar-refractivity contribution < 1.29 is 0 Å². The van der Waals surface area contributed by atoms with E-state index in [1.165, 1.54) is 24.9 Å². The molecule has 2 nitrogen and oxygen atoms in total. The van der Waals surface area contributed by atoms with Crippen LogP contribution >= 0.6 is 28.1 Å². The molecule has 17 heavy (non-hydrogen) atoms. The number of hydrogen-bond acceptors (Lipinski definition) is 2. The number of nitrogens with zero attached hydrogens (tertiary/aromatic N) is 1.